The van der Waals surface area contributed by atoms with Crippen molar-refractivity contribution in [3.63, 3.8) is 0 Å². The van der Waals surface area contributed by atoms with Crippen LogP contribution in [0.5, 0.6) is 0 Å². The second-order valence-electron chi connectivity index (χ2n) is 12.7. The fraction of sp³-hybridized carbons (Fsp3) is 0.278. The number of carbonyl (C=O) groups excluding carboxylic acids is 2. The van der Waals surface area contributed by atoms with Crippen molar-refractivity contribution in [2.24, 2.45) is 0 Å². The van der Waals surface area contributed by atoms with Crippen LogP contribution in [-0.4, -0.2) is 43.3 Å². The lowest BCUT2D eigenvalue weighted by atomic mass is 10.0. The third-order valence-electron chi connectivity index (χ3n) is 7.56. The lowest BCUT2D eigenvalue weighted by Gasteiger charge is -2.35. The van der Waals surface area contributed by atoms with Gasteiger partial charge in [-0.15, -0.1) is 0 Å². The minimum absolute atomic E-state index is 0.0174. The highest BCUT2D eigenvalue weighted by molar-refractivity contribution is 7.92. The van der Waals surface area contributed by atoms with Crippen molar-refractivity contribution in [3.8, 4) is 0 Å². The minimum Gasteiger partial charge on any atom is -0.350 e. The fourth-order valence-electron chi connectivity index (χ4n) is 5.09. The Balaban J connectivity index is 1.90. The van der Waals surface area contributed by atoms with Gasteiger partial charge in [0.25, 0.3) is 10.0 Å². The zero-order valence-corrected chi connectivity index (χ0v) is 30.6. The quantitative estimate of drug-likeness (QED) is 0.166. The van der Waals surface area contributed by atoms with Crippen molar-refractivity contribution in [1.82, 2.24) is 10.2 Å². The second-order valence-corrected chi connectivity index (χ2v) is 15.8. The molecule has 0 unspecified atom stereocenters. The molecular weight excluding hydrogens is 734 g/mol. The van der Waals surface area contributed by atoms with Gasteiger partial charge >= 0.3 is 6.18 Å². The summed E-state index contributed by atoms with van der Waals surface area (Å²) >= 11 is 18.5. The number of hydrogen-bond acceptors (Lipinski definition) is 4. The summed E-state index contributed by atoms with van der Waals surface area (Å²) in [6.07, 6.45) is -4.91. The average molecular weight is 769 g/mol. The summed E-state index contributed by atoms with van der Waals surface area (Å²) in [7, 11) is -4.66. The molecule has 2 amide bonds. The van der Waals surface area contributed by atoms with Gasteiger partial charge in [-0.3, -0.25) is 13.9 Å². The summed E-state index contributed by atoms with van der Waals surface area (Å²) in [5.41, 5.74) is -0.653. The fourth-order valence-corrected chi connectivity index (χ4v) is 7.19. The lowest BCUT2D eigenvalue weighted by Crippen LogP contribution is -2.56. The van der Waals surface area contributed by atoms with Crippen molar-refractivity contribution < 1.29 is 31.2 Å². The number of benzene rings is 4. The molecule has 0 spiro atoms. The first-order chi connectivity index (χ1) is 23.3. The molecule has 0 aliphatic rings. The van der Waals surface area contributed by atoms with Gasteiger partial charge in [-0.25, -0.2) is 8.42 Å². The molecule has 50 heavy (non-hydrogen) atoms. The SMILES string of the molecule is Cc1ccc(S(=O)(=O)N(CC(=O)N(Cc2ccc(Cl)cc2Cl)[C@H](Cc2ccccc2)C(=O)NC(C)(C)C)c2ccc(Cl)c(C(F)(F)F)c2)cc1. The number of halogens is 6. The highest BCUT2D eigenvalue weighted by atomic mass is 35.5. The predicted octanol–water partition coefficient (Wildman–Crippen LogP) is 8.72. The molecule has 0 bridgehead atoms. The van der Waals surface area contributed by atoms with Gasteiger partial charge in [0.1, 0.15) is 12.6 Å². The summed E-state index contributed by atoms with van der Waals surface area (Å²) in [5, 5.41) is 2.75. The van der Waals surface area contributed by atoms with E-state index in [1.165, 1.54) is 35.2 Å². The van der Waals surface area contributed by atoms with Gasteiger partial charge in [-0.05, 0) is 81.3 Å². The first-order valence-corrected chi connectivity index (χ1v) is 17.9. The number of rotatable bonds is 11. The monoisotopic (exact) mass is 767 g/mol. The molecule has 0 aromatic heterocycles. The van der Waals surface area contributed by atoms with Crippen molar-refractivity contribution >= 4 is 62.3 Å². The number of nitrogens with zero attached hydrogens (tertiary/aromatic N) is 2. The van der Waals surface area contributed by atoms with E-state index in [4.69, 9.17) is 34.8 Å². The number of alkyl halides is 3. The van der Waals surface area contributed by atoms with Crippen LogP contribution in [0.1, 0.15) is 43.0 Å². The van der Waals surface area contributed by atoms with Crippen molar-refractivity contribution in [1.29, 1.82) is 0 Å². The number of sulfonamides is 1. The average Bonchev–Trinajstić information content (AvgIpc) is 3.02. The molecule has 0 heterocycles. The molecule has 7 nitrogen and oxygen atoms in total. The molecule has 1 N–H and O–H groups in total. The minimum atomic E-state index is -4.93. The van der Waals surface area contributed by atoms with Crippen LogP contribution in [0, 0.1) is 6.92 Å². The Hall–Kier alpha value is -3.77. The number of hydrogen-bond donors (Lipinski definition) is 1. The normalized spacial score (nSPS) is 12.7. The van der Waals surface area contributed by atoms with E-state index in [2.05, 4.69) is 5.32 Å². The standard InChI is InChI=1S/C36H35Cl3F3N3O4S/c1-23-10-15-28(16-11-23)50(48,49)45(27-14-17-30(38)29(20-27)36(40,41)42)22-33(46)44(21-25-12-13-26(37)19-31(25)39)32(34(47)43-35(2,3)4)18-24-8-6-5-7-9-24/h5-17,19-20,32H,18,21-22H2,1-4H3,(H,43,47)/t32-/m1/s1. The highest BCUT2D eigenvalue weighted by Crippen LogP contribution is 2.38. The van der Waals surface area contributed by atoms with Gasteiger partial charge in [-0.1, -0.05) is 88.9 Å². The van der Waals surface area contributed by atoms with E-state index < -0.39 is 62.4 Å². The van der Waals surface area contributed by atoms with Crippen LogP contribution in [0.3, 0.4) is 0 Å². The Morgan fingerprint density at radius 3 is 2.06 bits per heavy atom. The smallest absolute Gasteiger partial charge is 0.350 e. The summed E-state index contributed by atoms with van der Waals surface area (Å²) in [5.74, 6) is -1.43. The van der Waals surface area contributed by atoms with Gasteiger partial charge in [-0.2, -0.15) is 13.2 Å². The van der Waals surface area contributed by atoms with Crippen LogP contribution in [0.15, 0.2) is 95.9 Å². The number of nitrogens with one attached hydrogen (secondary N) is 1. The zero-order chi connectivity index (χ0) is 37.0. The van der Waals surface area contributed by atoms with Crippen molar-refractivity contribution in [2.75, 3.05) is 10.8 Å². The van der Waals surface area contributed by atoms with Gasteiger partial charge in [0.05, 0.1) is 21.2 Å². The first kappa shape index (κ1) is 39.0. The summed E-state index contributed by atoms with van der Waals surface area (Å²) in [6.45, 7) is 5.79. The van der Waals surface area contributed by atoms with E-state index >= 15 is 0 Å². The molecular formula is C36H35Cl3F3N3O4S. The van der Waals surface area contributed by atoms with Crippen LogP contribution in [0.25, 0.3) is 0 Å². The van der Waals surface area contributed by atoms with Crippen molar-refractivity contribution in [3.05, 3.63) is 128 Å². The van der Waals surface area contributed by atoms with E-state index in [0.29, 0.717) is 26.5 Å². The summed E-state index contributed by atoms with van der Waals surface area (Å²) in [6, 6.07) is 20.5. The molecule has 266 valence electrons. The van der Waals surface area contributed by atoms with E-state index in [1.807, 2.05) is 0 Å². The van der Waals surface area contributed by atoms with Crippen LogP contribution in [0.2, 0.25) is 15.1 Å². The van der Waals surface area contributed by atoms with Crippen LogP contribution in [0.4, 0.5) is 18.9 Å². The van der Waals surface area contributed by atoms with Gasteiger partial charge in [0.2, 0.25) is 11.8 Å². The third kappa shape index (κ3) is 9.93. The van der Waals surface area contributed by atoms with E-state index in [9.17, 15) is 31.2 Å². The molecule has 0 fully saturated rings. The topological polar surface area (TPSA) is 86.8 Å². The van der Waals surface area contributed by atoms with Gasteiger partial charge < -0.3 is 10.2 Å². The maximum atomic E-state index is 14.6. The maximum Gasteiger partial charge on any atom is 0.417 e. The number of amides is 2. The maximum absolute atomic E-state index is 14.6. The molecule has 0 radical (unpaired) electrons. The Labute approximate surface area is 305 Å². The number of carbonyl (C=O) groups is 2. The number of anilines is 1. The summed E-state index contributed by atoms with van der Waals surface area (Å²) < 4.78 is 71.0. The first-order valence-electron chi connectivity index (χ1n) is 15.3. The Bertz CT molecular complexity index is 1950. The molecule has 1 atom stereocenters. The van der Waals surface area contributed by atoms with Crippen LogP contribution in [-0.2, 0) is 38.8 Å². The van der Waals surface area contributed by atoms with E-state index in [0.717, 1.165) is 17.7 Å². The van der Waals surface area contributed by atoms with Crippen LogP contribution < -0.4 is 9.62 Å². The molecule has 0 saturated heterocycles. The third-order valence-corrected chi connectivity index (χ3v) is 10.3. The molecule has 4 aromatic carbocycles. The van der Waals surface area contributed by atoms with Crippen molar-refractivity contribution in [2.45, 2.75) is 63.3 Å². The molecule has 14 heteroatoms. The predicted molar refractivity (Wildman–Crippen MR) is 191 cm³/mol. The van der Waals surface area contributed by atoms with E-state index in [-0.39, 0.29) is 22.9 Å². The van der Waals surface area contributed by atoms with Gasteiger partial charge in [0.15, 0.2) is 0 Å². The summed E-state index contributed by atoms with van der Waals surface area (Å²) in [4.78, 5) is 29.5. The molecule has 4 aromatic rings. The second kappa shape index (κ2) is 15.6. The zero-order valence-electron chi connectivity index (χ0n) is 27.6. The molecule has 4 rings (SSSR count). The lowest BCUT2D eigenvalue weighted by molar-refractivity contribution is -0.140. The highest BCUT2D eigenvalue weighted by Gasteiger charge is 2.38. The molecule has 0 aliphatic carbocycles. The van der Waals surface area contributed by atoms with E-state index in [1.54, 1.807) is 70.2 Å². The van der Waals surface area contributed by atoms with Crippen LogP contribution >= 0.6 is 34.8 Å². The largest absolute Gasteiger partial charge is 0.417 e. The Morgan fingerprint density at radius 2 is 1.48 bits per heavy atom. The molecule has 0 saturated carbocycles. The number of aryl methyl sites for hydroxylation is 1. The van der Waals surface area contributed by atoms with Gasteiger partial charge in [0, 0.05) is 28.5 Å². The Morgan fingerprint density at radius 1 is 0.840 bits per heavy atom. The Kier molecular flexibility index (Phi) is 12.2. The molecule has 0 aliphatic heterocycles.